The van der Waals surface area contributed by atoms with Gasteiger partial charge in [-0.25, -0.2) is 0 Å². The zero-order valence-electron chi connectivity index (χ0n) is 12.2. The van der Waals surface area contributed by atoms with Crippen LogP contribution in [0.2, 0.25) is 0 Å². The fourth-order valence-corrected chi connectivity index (χ4v) is 2.62. The van der Waals surface area contributed by atoms with E-state index in [1.807, 2.05) is 24.3 Å². The highest BCUT2D eigenvalue weighted by Gasteiger charge is 2.18. The van der Waals surface area contributed by atoms with Crippen LogP contribution in [-0.2, 0) is 6.42 Å². The Bertz CT molecular complexity index is 774. The summed E-state index contributed by atoms with van der Waals surface area (Å²) < 4.78 is 0. The molecule has 0 amide bonds. The number of aromatic nitrogens is 3. The van der Waals surface area contributed by atoms with Crippen molar-refractivity contribution in [1.29, 1.82) is 0 Å². The van der Waals surface area contributed by atoms with Crippen LogP contribution in [0.1, 0.15) is 18.1 Å². The van der Waals surface area contributed by atoms with Crippen LogP contribution >= 0.6 is 0 Å². The summed E-state index contributed by atoms with van der Waals surface area (Å²) >= 11 is 0. The Kier molecular flexibility index (Phi) is 3.44. The maximum absolute atomic E-state index is 6.03. The Morgan fingerprint density at radius 3 is 2.38 bits per heavy atom. The van der Waals surface area contributed by atoms with Gasteiger partial charge in [0.1, 0.15) is 11.4 Å². The minimum atomic E-state index is 0.830. The lowest BCUT2D eigenvalue weighted by atomic mass is 9.97. The predicted octanol–water partition coefficient (Wildman–Crippen LogP) is 3.20. The third-order valence-electron chi connectivity index (χ3n) is 3.75. The van der Waals surface area contributed by atoms with Gasteiger partial charge in [0.05, 0.1) is 0 Å². The molecule has 4 heteroatoms. The van der Waals surface area contributed by atoms with Crippen molar-refractivity contribution in [1.82, 2.24) is 15.1 Å². The quantitative estimate of drug-likeness (QED) is 0.748. The van der Waals surface area contributed by atoms with Crippen LogP contribution in [0.3, 0.4) is 0 Å². The number of nitrogens with zero attached hydrogens (tertiary/aromatic N) is 3. The van der Waals surface area contributed by atoms with E-state index in [0.29, 0.717) is 0 Å². The molecule has 0 saturated carbocycles. The normalized spacial score (nSPS) is 10.8. The van der Waals surface area contributed by atoms with Crippen molar-refractivity contribution in [3.05, 3.63) is 59.7 Å². The van der Waals surface area contributed by atoms with Crippen molar-refractivity contribution in [2.24, 2.45) is 0 Å². The lowest BCUT2D eigenvalue weighted by molar-refractivity contribution is 0.770. The molecule has 0 saturated heterocycles. The van der Waals surface area contributed by atoms with Crippen molar-refractivity contribution < 1.29 is 0 Å². The summed E-state index contributed by atoms with van der Waals surface area (Å²) in [5.41, 5.74) is 6.24. The SMILES string of the molecule is CCc1ccccc1-c1c(-c2ccccc2C)nnn1N. The molecule has 0 aliphatic carbocycles. The second kappa shape index (κ2) is 5.40. The van der Waals surface area contributed by atoms with Gasteiger partial charge in [-0.05, 0) is 29.7 Å². The first kappa shape index (κ1) is 13.4. The van der Waals surface area contributed by atoms with Crippen molar-refractivity contribution in [2.75, 3.05) is 5.84 Å². The fourth-order valence-electron chi connectivity index (χ4n) is 2.62. The molecular weight excluding hydrogens is 260 g/mol. The molecule has 1 heterocycles. The van der Waals surface area contributed by atoms with E-state index in [-0.39, 0.29) is 0 Å². The fraction of sp³-hybridized carbons (Fsp3) is 0.176. The van der Waals surface area contributed by atoms with Crippen LogP contribution in [0.5, 0.6) is 0 Å². The maximum atomic E-state index is 6.03. The lowest BCUT2D eigenvalue weighted by Gasteiger charge is -2.10. The number of rotatable bonds is 3. The number of benzene rings is 2. The van der Waals surface area contributed by atoms with Crippen LogP contribution in [0.25, 0.3) is 22.5 Å². The Morgan fingerprint density at radius 1 is 1.00 bits per heavy atom. The summed E-state index contributed by atoms with van der Waals surface area (Å²) in [6.45, 7) is 4.21. The minimum absolute atomic E-state index is 0.830. The van der Waals surface area contributed by atoms with Gasteiger partial charge in [0.2, 0.25) is 0 Å². The average Bonchev–Trinajstić information content (AvgIpc) is 2.89. The van der Waals surface area contributed by atoms with Gasteiger partial charge in [-0.1, -0.05) is 55.5 Å². The van der Waals surface area contributed by atoms with E-state index in [1.165, 1.54) is 10.4 Å². The van der Waals surface area contributed by atoms with Crippen LogP contribution in [-0.4, -0.2) is 15.1 Å². The number of aryl methyl sites for hydroxylation is 2. The molecular formula is C17H18N4. The van der Waals surface area contributed by atoms with Gasteiger partial charge in [-0.15, -0.1) is 5.10 Å². The molecule has 0 radical (unpaired) electrons. The van der Waals surface area contributed by atoms with Crippen molar-refractivity contribution in [3.8, 4) is 22.5 Å². The average molecular weight is 278 g/mol. The number of hydrogen-bond donors (Lipinski definition) is 1. The van der Waals surface area contributed by atoms with Gasteiger partial charge < -0.3 is 5.84 Å². The molecule has 3 rings (SSSR count). The van der Waals surface area contributed by atoms with Crippen LogP contribution in [0, 0.1) is 6.92 Å². The predicted molar refractivity (Wildman–Crippen MR) is 85.2 cm³/mol. The Labute approximate surface area is 124 Å². The van der Waals surface area contributed by atoms with E-state index in [9.17, 15) is 0 Å². The van der Waals surface area contributed by atoms with Gasteiger partial charge in [0, 0.05) is 11.1 Å². The molecule has 0 fully saturated rings. The molecule has 3 aromatic rings. The van der Waals surface area contributed by atoms with Gasteiger partial charge in [-0.3, -0.25) is 0 Å². The van der Waals surface area contributed by atoms with Crippen LogP contribution in [0.15, 0.2) is 48.5 Å². The summed E-state index contributed by atoms with van der Waals surface area (Å²) in [7, 11) is 0. The van der Waals surface area contributed by atoms with Crippen molar-refractivity contribution >= 4 is 0 Å². The number of hydrogen-bond acceptors (Lipinski definition) is 3. The summed E-state index contributed by atoms with van der Waals surface area (Å²) in [6, 6.07) is 16.4. The van der Waals surface area contributed by atoms with Gasteiger partial charge in [-0.2, -0.15) is 4.79 Å². The summed E-state index contributed by atoms with van der Waals surface area (Å²) in [4.78, 5) is 1.37. The smallest absolute Gasteiger partial charge is 0.123 e. The third-order valence-corrected chi connectivity index (χ3v) is 3.75. The molecule has 0 spiro atoms. The number of nitrogen functional groups attached to an aromatic ring is 1. The first-order valence-electron chi connectivity index (χ1n) is 7.07. The zero-order valence-corrected chi connectivity index (χ0v) is 12.2. The first-order chi connectivity index (χ1) is 10.2. The molecule has 0 aliphatic rings. The van der Waals surface area contributed by atoms with Crippen LogP contribution in [0.4, 0.5) is 0 Å². The van der Waals surface area contributed by atoms with E-state index in [1.54, 1.807) is 0 Å². The van der Waals surface area contributed by atoms with Gasteiger partial charge in [0.15, 0.2) is 0 Å². The van der Waals surface area contributed by atoms with Gasteiger partial charge >= 0.3 is 0 Å². The summed E-state index contributed by atoms with van der Waals surface area (Å²) in [6.07, 6.45) is 0.939. The number of nitrogens with two attached hydrogens (primary N) is 1. The lowest BCUT2D eigenvalue weighted by Crippen LogP contribution is -2.12. The molecule has 0 atom stereocenters. The molecule has 0 aliphatic heterocycles. The summed E-state index contributed by atoms with van der Waals surface area (Å²) in [5.74, 6) is 6.03. The largest absolute Gasteiger partial charge is 0.321 e. The second-order valence-electron chi connectivity index (χ2n) is 5.06. The zero-order chi connectivity index (χ0) is 14.8. The standard InChI is InChI=1S/C17H18N4/c1-3-13-9-5-7-11-15(13)17-16(19-20-21(17)18)14-10-6-4-8-12(14)2/h4-11H,3,18H2,1-2H3. The third kappa shape index (κ3) is 2.29. The van der Waals surface area contributed by atoms with Gasteiger partial charge in [0.25, 0.3) is 0 Å². The Hall–Kier alpha value is -2.62. The molecule has 2 N–H and O–H groups in total. The molecule has 0 bridgehead atoms. The highest BCUT2D eigenvalue weighted by atomic mass is 15.6. The first-order valence-corrected chi connectivity index (χ1v) is 7.07. The molecule has 106 valence electrons. The Balaban J connectivity index is 2.25. The summed E-state index contributed by atoms with van der Waals surface area (Å²) in [5, 5.41) is 8.32. The monoisotopic (exact) mass is 278 g/mol. The topological polar surface area (TPSA) is 56.7 Å². The van der Waals surface area contributed by atoms with E-state index in [4.69, 9.17) is 5.84 Å². The van der Waals surface area contributed by atoms with E-state index in [2.05, 4.69) is 48.4 Å². The minimum Gasteiger partial charge on any atom is -0.321 e. The molecule has 4 nitrogen and oxygen atoms in total. The van der Waals surface area contributed by atoms with E-state index < -0.39 is 0 Å². The molecule has 1 aromatic heterocycles. The molecule has 2 aromatic carbocycles. The Morgan fingerprint density at radius 2 is 1.67 bits per heavy atom. The van der Waals surface area contributed by atoms with E-state index >= 15 is 0 Å². The highest BCUT2D eigenvalue weighted by molar-refractivity contribution is 5.81. The van der Waals surface area contributed by atoms with Crippen molar-refractivity contribution in [3.63, 3.8) is 0 Å². The van der Waals surface area contributed by atoms with Crippen molar-refractivity contribution in [2.45, 2.75) is 20.3 Å². The highest BCUT2D eigenvalue weighted by Crippen LogP contribution is 2.33. The maximum Gasteiger partial charge on any atom is 0.123 e. The second-order valence-corrected chi connectivity index (χ2v) is 5.06. The van der Waals surface area contributed by atoms with E-state index in [0.717, 1.165) is 34.5 Å². The van der Waals surface area contributed by atoms with Crippen LogP contribution < -0.4 is 5.84 Å². The molecule has 21 heavy (non-hydrogen) atoms. The molecule has 0 unspecified atom stereocenters.